The molecule has 0 bridgehead atoms. The van der Waals surface area contributed by atoms with E-state index in [0.29, 0.717) is 12.5 Å². The maximum Gasteiger partial charge on any atom is 0.407 e. The second-order valence-corrected chi connectivity index (χ2v) is 7.52. The van der Waals surface area contributed by atoms with Gasteiger partial charge in [0.05, 0.1) is 6.04 Å². The van der Waals surface area contributed by atoms with Crippen LogP contribution in [0, 0.1) is 17.8 Å². The van der Waals surface area contributed by atoms with Gasteiger partial charge in [0.2, 0.25) is 5.91 Å². The molecule has 6 nitrogen and oxygen atoms in total. The molecule has 1 fully saturated rings. The Balaban J connectivity index is 2.56. The average Bonchev–Trinajstić information content (AvgIpc) is 3.13. The van der Waals surface area contributed by atoms with Gasteiger partial charge in [-0.2, -0.15) is 0 Å². The van der Waals surface area contributed by atoms with E-state index in [9.17, 15) is 9.59 Å². The van der Waals surface area contributed by atoms with Gasteiger partial charge >= 0.3 is 6.09 Å². The van der Waals surface area contributed by atoms with Crippen molar-refractivity contribution in [1.82, 2.24) is 10.6 Å². The molecule has 6 heteroatoms. The number of rotatable bonds is 8. The number of carbonyl (C=O) groups excluding carboxylic acids is 2. The molecule has 2 amide bonds. The third-order valence-electron chi connectivity index (χ3n) is 3.80. The Morgan fingerprint density at radius 2 is 1.86 bits per heavy atom. The Hall–Kier alpha value is -1.30. The summed E-state index contributed by atoms with van der Waals surface area (Å²) in [7, 11) is 0. The maximum atomic E-state index is 11.8. The number of amides is 2. The molecule has 0 aromatic heterocycles. The van der Waals surface area contributed by atoms with Crippen LogP contribution in [0.4, 0.5) is 4.79 Å². The van der Waals surface area contributed by atoms with E-state index in [1.807, 2.05) is 34.6 Å². The number of nitrogens with one attached hydrogen (secondary N) is 2. The number of alkyl carbamates (subject to hydrolysis) is 1. The van der Waals surface area contributed by atoms with Gasteiger partial charge in [-0.05, 0) is 52.0 Å². The highest BCUT2D eigenvalue weighted by atomic mass is 16.6. The zero-order valence-corrected chi connectivity index (χ0v) is 14.4. The van der Waals surface area contributed by atoms with Crippen molar-refractivity contribution < 1.29 is 14.3 Å². The van der Waals surface area contributed by atoms with Gasteiger partial charge in [0, 0.05) is 12.5 Å². The minimum absolute atomic E-state index is 0.0660. The van der Waals surface area contributed by atoms with E-state index in [0.717, 1.165) is 6.54 Å². The highest BCUT2D eigenvalue weighted by Gasteiger charge is 2.31. The Morgan fingerprint density at radius 3 is 2.27 bits per heavy atom. The summed E-state index contributed by atoms with van der Waals surface area (Å²) in [5.41, 5.74) is 5.01. The summed E-state index contributed by atoms with van der Waals surface area (Å²) >= 11 is 0. The summed E-state index contributed by atoms with van der Waals surface area (Å²) in [4.78, 5) is 23.6. The molecule has 0 radical (unpaired) electrons. The van der Waals surface area contributed by atoms with Crippen LogP contribution in [0.5, 0.6) is 0 Å². The summed E-state index contributed by atoms with van der Waals surface area (Å²) in [5.74, 6) is 0.432. The lowest BCUT2D eigenvalue weighted by molar-refractivity contribution is -0.121. The van der Waals surface area contributed by atoms with Crippen molar-refractivity contribution in [2.75, 3.05) is 13.1 Å². The number of hydrogen-bond donors (Lipinski definition) is 3. The average molecular weight is 313 g/mol. The second-order valence-electron chi connectivity index (χ2n) is 7.52. The Bertz CT molecular complexity index is 387. The van der Waals surface area contributed by atoms with Gasteiger partial charge in [-0.1, -0.05) is 13.8 Å². The third-order valence-corrected chi connectivity index (χ3v) is 3.80. The molecule has 1 aliphatic carbocycles. The number of carbonyl (C=O) groups is 2. The van der Waals surface area contributed by atoms with E-state index in [-0.39, 0.29) is 17.7 Å². The van der Waals surface area contributed by atoms with Crippen molar-refractivity contribution in [2.24, 2.45) is 23.5 Å². The molecule has 0 aliphatic heterocycles. The van der Waals surface area contributed by atoms with Crippen molar-refractivity contribution in [3.63, 3.8) is 0 Å². The minimum atomic E-state index is -0.537. The molecule has 0 spiro atoms. The number of nitrogens with two attached hydrogens (primary N) is 1. The fraction of sp³-hybridized carbons (Fsp3) is 0.875. The Labute approximate surface area is 133 Å². The SMILES string of the molecule is CC(C)C(CNC(=O)OC(C)(C)C)C(NCC1CC1)C(N)=O. The first-order valence-electron chi connectivity index (χ1n) is 8.09. The molecule has 2 unspecified atom stereocenters. The molecule has 2 atom stereocenters. The smallest absolute Gasteiger partial charge is 0.407 e. The topological polar surface area (TPSA) is 93.4 Å². The molecule has 1 aliphatic rings. The molecule has 0 saturated heterocycles. The first-order chi connectivity index (χ1) is 10.1. The lowest BCUT2D eigenvalue weighted by atomic mass is 9.87. The molecular weight excluding hydrogens is 282 g/mol. The third kappa shape index (κ3) is 7.11. The quantitative estimate of drug-likeness (QED) is 0.635. The fourth-order valence-corrected chi connectivity index (χ4v) is 2.33. The molecule has 1 rings (SSSR count). The van der Waals surface area contributed by atoms with Gasteiger partial charge in [-0.25, -0.2) is 4.79 Å². The summed E-state index contributed by atoms with van der Waals surface area (Å²) in [6.45, 7) is 10.7. The molecule has 0 aromatic carbocycles. The van der Waals surface area contributed by atoms with E-state index in [1.165, 1.54) is 12.8 Å². The van der Waals surface area contributed by atoms with Crippen LogP contribution < -0.4 is 16.4 Å². The summed E-state index contributed by atoms with van der Waals surface area (Å²) in [6.07, 6.45) is 1.95. The van der Waals surface area contributed by atoms with Gasteiger partial charge in [-0.15, -0.1) is 0 Å². The normalized spacial score (nSPS) is 17.9. The molecule has 22 heavy (non-hydrogen) atoms. The van der Waals surface area contributed by atoms with Crippen LogP contribution in [0.2, 0.25) is 0 Å². The van der Waals surface area contributed by atoms with Gasteiger partial charge in [0.15, 0.2) is 0 Å². The highest BCUT2D eigenvalue weighted by Crippen LogP contribution is 2.28. The zero-order valence-electron chi connectivity index (χ0n) is 14.4. The maximum absolute atomic E-state index is 11.8. The van der Waals surface area contributed by atoms with Crippen molar-refractivity contribution in [1.29, 1.82) is 0 Å². The standard InChI is InChI=1S/C16H31N3O3/c1-10(2)12(9-19-15(21)22-16(3,4)5)13(14(17)20)18-8-11-6-7-11/h10-13,18H,6-9H2,1-5H3,(H2,17,20)(H,19,21). The minimum Gasteiger partial charge on any atom is -0.444 e. The lowest BCUT2D eigenvalue weighted by Gasteiger charge is -2.29. The predicted octanol–water partition coefficient (Wildman–Crippen LogP) is 1.64. The van der Waals surface area contributed by atoms with Crippen molar-refractivity contribution in [3.8, 4) is 0 Å². The fourth-order valence-electron chi connectivity index (χ4n) is 2.33. The van der Waals surface area contributed by atoms with E-state index in [4.69, 9.17) is 10.5 Å². The monoisotopic (exact) mass is 313 g/mol. The molecule has 1 saturated carbocycles. The van der Waals surface area contributed by atoms with Crippen LogP contribution >= 0.6 is 0 Å². The molecule has 4 N–H and O–H groups in total. The van der Waals surface area contributed by atoms with Crippen LogP contribution in [-0.4, -0.2) is 36.7 Å². The number of ether oxygens (including phenoxy) is 1. The first-order valence-corrected chi connectivity index (χ1v) is 8.09. The van der Waals surface area contributed by atoms with E-state index in [1.54, 1.807) is 0 Å². The van der Waals surface area contributed by atoms with Crippen molar-refractivity contribution >= 4 is 12.0 Å². The van der Waals surface area contributed by atoms with Gasteiger partial charge in [-0.3, -0.25) is 4.79 Å². The molecule has 128 valence electrons. The molecule has 0 heterocycles. The second kappa shape index (κ2) is 7.81. The molecular formula is C16H31N3O3. The van der Waals surface area contributed by atoms with Gasteiger partial charge in [0.1, 0.15) is 5.60 Å². The Kier molecular flexibility index (Phi) is 6.66. The van der Waals surface area contributed by atoms with Crippen LogP contribution in [0.15, 0.2) is 0 Å². The number of primary amides is 1. The summed E-state index contributed by atoms with van der Waals surface area (Å²) < 4.78 is 5.23. The summed E-state index contributed by atoms with van der Waals surface area (Å²) in [6, 6.07) is -0.435. The van der Waals surface area contributed by atoms with Crippen LogP contribution in [-0.2, 0) is 9.53 Å². The number of hydrogen-bond acceptors (Lipinski definition) is 4. The Morgan fingerprint density at radius 1 is 1.27 bits per heavy atom. The van der Waals surface area contributed by atoms with Crippen LogP contribution in [0.25, 0.3) is 0 Å². The van der Waals surface area contributed by atoms with Crippen LogP contribution in [0.3, 0.4) is 0 Å². The zero-order chi connectivity index (χ0) is 16.9. The molecule has 0 aromatic rings. The first kappa shape index (κ1) is 18.7. The van der Waals surface area contributed by atoms with Crippen molar-refractivity contribution in [3.05, 3.63) is 0 Å². The van der Waals surface area contributed by atoms with Crippen molar-refractivity contribution in [2.45, 2.75) is 59.1 Å². The summed E-state index contributed by atoms with van der Waals surface area (Å²) in [5, 5.41) is 6.02. The van der Waals surface area contributed by atoms with Crippen LogP contribution in [0.1, 0.15) is 47.5 Å². The van der Waals surface area contributed by atoms with Gasteiger partial charge in [0.25, 0.3) is 0 Å². The largest absolute Gasteiger partial charge is 0.444 e. The predicted molar refractivity (Wildman–Crippen MR) is 86.3 cm³/mol. The van der Waals surface area contributed by atoms with Gasteiger partial charge < -0.3 is 21.1 Å². The van der Waals surface area contributed by atoms with E-state index in [2.05, 4.69) is 10.6 Å². The lowest BCUT2D eigenvalue weighted by Crippen LogP contribution is -2.52. The highest BCUT2D eigenvalue weighted by molar-refractivity contribution is 5.80. The van der Waals surface area contributed by atoms with E-state index < -0.39 is 17.7 Å². The van der Waals surface area contributed by atoms with E-state index >= 15 is 0 Å².